The first-order valence-corrected chi connectivity index (χ1v) is 8.12. The Kier molecular flexibility index (Phi) is 3.94. The van der Waals surface area contributed by atoms with Crippen molar-refractivity contribution in [2.45, 2.75) is 51.3 Å². The van der Waals surface area contributed by atoms with Crippen LogP contribution in [-0.4, -0.2) is 40.8 Å². The maximum Gasteiger partial charge on any atom is 0.411 e. The van der Waals surface area contributed by atoms with Crippen molar-refractivity contribution >= 4 is 12.1 Å². The number of rotatable bonds is 2. The second-order valence-corrected chi connectivity index (χ2v) is 7.45. The van der Waals surface area contributed by atoms with Crippen molar-refractivity contribution in [1.29, 1.82) is 0 Å². The lowest BCUT2D eigenvalue weighted by Crippen LogP contribution is -2.44. The third-order valence-electron chi connectivity index (χ3n) is 4.65. The lowest BCUT2D eigenvalue weighted by molar-refractivity contribution is -0.142. The van der Waals surface area contributed by atoms with E-state index < -0.39 is 23.7 Å². The van der Waals surface area contributed by atoms with Crippen LogP contribution < -0.4 is 4.74 Å². The Morgan fingerprint density at radius 1 is 1.29 bits per heavy atom. The van der Waals surface area contributed by atoms with Gasteiger partial charge < -0.3 is 14.6 Å². The van der Waals surface area contributed by atoms with Crippen molar-refractivity contribution in [2.24, 2.45) is 5.92 Å². The molecule has 1 fully saturated rings. The fraction of sp³-hybridized carbons (Fsp3) is 0.556. The van der Waals surface area contributed by atoms with Gasteiger partial charge in [0.05, 0.1) is 13.2 Å². The highest BCUT2D eigenvalue weighted by atomic mass is 16.6. The summed E-state index contributed by atoms with van der Waals surface area (Å²) in [4.78, 5) is 25.7. The van der Waals surface area contributed by atoms with Gasteiger partial charge in [-0.2, -0.15) is 0 Å². The van der Waals surface area contributed by atoms with Crippen molar-refractivity contribution in [2.75, 3.05) is 7.11 Å². The molecule has 0 unspecified atom stereocenters. The van der Waals surface area contributed by atoms with Crippen LogP contribution in [0.1, 0.15) is 44.4 Å². The molecule has 24 heavy (non-hydrogen) atoms. The number of hydrogen-bond donors (Lipinski definition) is 1. The molecule has 130 valence electrons. The standard InChI is InChI=1S/C18H23NO5/c1-18(2,3)24-17(22)19-14(16(20)21)9-11-7-10-8-12(23-4)5-6-13(10)15(11)19/h5-6,8,11,14-15H,7,9H2,1-4H3,(H,20,21)/t11-,14+,15+/m1/s1. The highest BCUT2D eigenvalue weighted by Gasteiger charge is 2.52. The zero-order chi connectivity index (χ0) is 17.6. The lowest BCUT2D eigenvalue weighted by Gasteiger charge is -2.31. The van der Waals surface area contributed by atoms with Crippen LogP contribution >= 0.6 is 0 Å². The zero-order valence-corrected chi connectivity index (χ0v) is 14.4. The molecule has 0 spiro atoms. The minimum atomic E-state index is -0.981. The summed E-state index contributed by atoms with van der Waals surface area (Å²) >= 11 is 0. The van der Waals surface area contributed by atoms with Crippen LogP contribution in [0.4, 0.5) is 4.79 Å². The quantitative estimate of drug-likeness (QED) is 0.900. The minimum Gasteiger partial charge on any atom is -0.497 e. The van der Waals surface area contributed by atoms with E-state index in [4.69, 9.17) is 9.47 Å². The molecule has 0 radical (unpaired) electrons. The predicted octanol–water partition coefficient (Wildman–Crippen LogP) is 3.00. The number of ether oxygens (including phenoxy) is 2. The number of likely N-dealkylation sites (tertiary alicyclic amines) is 1. The SMILES string of the molecule is COc1ccc2c(c1)C[C@@H]1C[C@@H](C(=O)O)N(C(=O)OC(C)(C)C)[C@H]21. The summed E-state index contributed by atoms with van der Waals surface area (Å²) in [5.74, 6) is -0.113. The van der Waals surface area contributed by atoms with Crippen LogP contribution in [0, 0.1) is 5.92 Å². The van der Waals surface area contributed by atoms with Gasteiger partial charge in [0, 0.05) is 0 Å². The first kappa shape index (κ1) is 16.6. The van der Waals surface area contributed by atoms with Crippen LogP contribution in [0.3, 0.4) is 0 Å². The van der Waals surface area contributed by atoms with E-state index in [2.05, 4.69) is 0 Å². The van der Waals surface area contributed by atoms with Gasteiger partial charge in [-0.25, -0.2) is 9.59 Å². The molecule has 0 bridgehead atoms. The number of amides is 1. The highest BCUT2D eigenvalue weighted by molar-refractivity contribution is 5.82. The Morgan fingerprint density at radius 3 is 2.58 bits per heavy atom. The van der Waals surface area contributed by atoms with Crippen molar-refractivity contribution in [3.05, 3.63) is 29.3 Å². The summed E-state index contributed by atoms with van der Waals surface area (Å²) in [7, 11) is 1.62. The Balaban J connectivity index is 1.96. The number of carbonyl (C=O) groups is 2. The van der Waals surface area contributed by atoms with Gasteiger partial charge in [-0.3, -0.25) is 4.90 Å². The van der Waals surface area contributed by atoms with E-state index in [1.165, 1.54) is 4.90 Å². The average Bonchev–Trinajstić information content (AvgIpc) is 2.99. The van der Waals surface area contributed by atoms with E-state index >= 15 is 0 Å². The van der Waals surface area contributed by atoms with Crippen LogP contribution in [0.15, 0.2) is 18.2 Å². The number of carbonyl (C=O) groups excluding carboxylic acids is 1. The predicted molar refractivity (Wildman–Crippen MR) is 87.0 cm³/mol. The van der Waals surface area contributed by atoms with E-state index in [1.54, 1.807) is 27.9 Å². The Morgan fingerprint density at radius 2 is 2.00 bits per heavy atom. The number of nitrogens with zero attached hydrogens (tertiary/aromatic N) is 1. The van der Waals surface area contributed by atoms with Gasteiger partial charge in [0.2, 0.25) is 0 Å². The molecule has 3 atom stereocenters. The number of hydrogen-bond acceptors (Lipinski definition) is 4. The number of carboxylic acid groups (broad SMARTS) is 1. The van der Waals surface area contributed by atoms with E-state index in [0.717, 1.165) is 23.3 Å². The molecule has 2 aliphatic rings. The monoisotopic (exact) mass is 333 g/mol. The van der Waals surface area contributed by atoms with Crippen LogP contribution in [0.25, 0.3) is 0 Å². The van der Waals surface area contributed by atoms with Crippen molar-refractivity contribution < 1.29 is 24.2 Å². The summed E-state index contributed by atoms with van der Waals surface area (Å²) < 4.78 is 10.7. The molecule has 6 nitrogen and oxygen atoms in total. The second-order valence-electron chi connectivity index (χ2n) is 7.45. The molecule has 1 aliphatic heterocycles. The van der Waals surface area contributed by atoms with Crippen LogP contribution in [-0.2, 0) is 16.0 Å². The third kappa shape index (κ3) is 2.81. The van der Waals surface area contributed by atoms with E-state index in [9.17, 15) is 14.7 Å². The van der Waals surface area contributed by atoms with Gasteiger partial charge in [0.15, 0.2) is 0 Å². The molecule has 1 aromatic rings. The molecule has 0 aromatic heterocycles. The maximum atomic E-state index is 12.7. The maximum absolute atomic E-state index is 12.7. The van der Waals surface area contributed by atoms with Crippen LogP contribution in [0.2, 0.25) is 0 Å². The third-order valence-corrected chi connectivity index (χ3v) is 4.65. The second kappa shape index (κ2) is 5.69. The Hall–Kier alpha value is -2.24. The van der Waals surface area contributed by atoms with E-state index in [1.807, 2.05) is 18.2 Å². The molecule has 1 aliphatic carbocycles. The Bertz CT molecular complexity index is 678. The summed E-state index contributed by atoms with van der Waals surface area (Å²) in [6.45, 7) is 5.34. The number of methoxy groups -OCH3 is 1. The number of aliphatic carboxylic acids is 1. The fourth-order valence-corrected chi connectivity index (χ4v) is 3.78. The molecule has 1 amide bonds. The molecule has 1 N–H and O–H groups in total. The zero-order valence-electron chi connectivity index (χ0n) is 14.4. The van der Waals surface area contributed by atoms with Gasteiger partial charge in [-0.1, -0.05) is 6.07 Å². The Labute approximate surface area is 141 Å². The van der Waals surface area contributed by atoms with Gasteiger partial charge in [-0.05, 0) is 62.8 Å². The fourth-order valence-electron chi connectivity index (χ4n) is 3.78. The summed E-state index contributed by atoms with van der Waals surface area (Å²) in [6, 6.07) is 4.66. The normalized spacial score (nSPS) is 25.2. The van der Waals surface area contributed by atoms with Gasteiger partial charge in [0.1, 0.15) is 17.4 Å². The number of benzene rings is 1. The molecule has 6 heteroatoms. The molecular formula is C18H23NO5. The first-order valence-electron chi connectivity index (χ1n) is 8.12. The topological polar surface area (TPSA) is 76.1 Å². The molecule has 1 aromatic carbocycles. The first-order chi connectivity index (χ1) is 11.2. The largest absolute Gasteiger partial charge is 0.497 e. The van der Waals surface area contributed by atoms with Gasteiger partial charge >= 0.3 is 12.1 Å². The van der Waals surface area contributed by atoms with Crippen molar-refractivity contribution in [3.8, 4) is 5.75 Å². The average molecular weight is 333 g/mol. The molecule has 1 heterocycles. The van der Waals surface area contributed by atoms with Gasteiger partial charge in [-0.15, -0.1) is 0 Å². The minimum absolute atomic E-state index is 0.0979. The lowest BCUT2D eigenvalue weighted by atomic mass is 10.0. The van der Waals surface area contributed by atoms with E-state index in [-0.39, 0.29) is 12.0 Å². The van der Waals surface area contributed by atoms with E-state index in [0.29, 0.717) is 6.42 Å². The smallest absolute Gasteiger partial charge is 0.411 e. The van der Waals surface area contributed by atoms with Crippen LogP contribution in [0.5, 0.6) is 5.75 Å². The summed E-state index contributed by atoms with van der Waals surface area (Å²) in [5, 5.41) is 9.55. The molecular weight excluding hydrogens is 310 g/mol. The summed E-state index contributed by atoms with van der Waals surface area (Å²) in [6.07, 6.45) is 0.627. The van der Waals surface area contributed by atoms with Gasteiger partial charge in [0.25, 0.3) is 0 Å². The van der Waals surface area contributed by atoms with Crippen molar-refractivity contribution in [1.82, 2.24) is 4.90 Å². The highest BCUT2D eigenvalue weighted by Crippen LogP contribution is 2.50. The summed E-state index contributed by atoms with van der Waals surface area (Å²) in [5.41, 5.74) is 1.44. The number of carboxylic acids is 1. The molecule has 3 rings (SSSR count). The molecule has 1 saturated heterocycles. The molecule has 0 saturated carbocycles. The van der Waals surface area contributed by atoms with Crippen molar-refractivity contribution in [3.63, 3.8) is 0 Å². The number of fused-ring (bicyclic) bond motifs is 3.